The second-order valence-electron chi connectivity index (χ2n) is 5.80. The van der Waals surface area contributed by atoms with Gasteiger partial charge in [-0.25, -0.2) is 0 Å². The lowest BCUT2D eigenvalue weighted by Crippen LogP contribution is -2.42. The SMILES string of the molecule is CN(C)Cc1cc(CN2CCNCC2)cc(C(F)(F)F)c1. The van der Waals surface area contributed by atoms with Crippen LogP contribution in [0.3, 0.4) is 0 Å². The second-order valence-corrected chi connectivity index (χ2v) is 5.80. The molecule has 1 aromatic rings. The van der Waals surface area contributed by atoms with Gasteiger partial charge in [-0.15, -0.1) is 0 Å². The Bertz CT molecular complexity index is 466. The summed E-state index contributed by atoms with van der Waals surface area (Å²) in [7, 11) is 3.71. The highest BCUT2D eigenvalue weighted by Crippen LogP contribution is 2.31. The molecule has 0 amide bonds. The van der Waals surface area contributed by atoms with Gasteiger partial charge in [0.2, 0.25) is 0 Å². The second kappa shape index (κ2) is 6.77. The number of hydrogen-bond acceptors (Lipinski definition) is 3. The molecular weight excluding hydrogens is 279 g/mol. The maximum atomic E-state index is 13.0. The molecule has 21 heavy (non-hydrogen) atoms. The third-order valence-electron chi connectivity index (χ3n) is 3.49. The van der Waals surface area contributed by atoms with Crippen LogP contribution in [0, 0.1) is 0 Å². The van der Waals surface area contributed by atoms with Gasteiger partial charge >= 0.3 is 6.18 Å². The monoisotopic (exact) mass is 301 g/mol. The van der Waals surface area contributed by atoms with Crippen LogP contribution in [-0.2, 0) is 19.3 Å². The minimum atomic E-state index is -4.29. The Balaban J connectivity index is 2.21. The summed E-state index contributed by atoms with van der Waals surface area (Å²) in [6.07, 6.45) is -4.29. The smallest absolute Gasteiger partial charge is 0.314 e. The fourth-order valence-electron chi connectivity index (χ4n) is 2.60. The molecule has 118 valence electrons. The first-order chi connectivity index (χ1) is 9.84. The Hall–Kier alpha value is -1.11. The number of hydrogen-bond donors (Lipinski definition) is 1. The van der Waals surface area contributed by atoms with Gasteiger partial charge < -0.3 is 10.2 Å². The molecule has 0 atom stereocenters. The Morgan fingerprint density at radius 2 is 1.71 bits per heavy atom. The molecule has 1 N–H and O–H groups in total. The lowest BCUT2D eigenvalue weighted by molar-refractivity contribution is -0.137. The molecule has 2 rings (SSSR count). The van der Waals surface area contributed by atoms with Gasteiger partial charge in [0, 0.05) is 39.3 Å². The summed E-state index contributed by atoms with van der Waals surface area (Å²) >= 11 is 0. The first-order valence-electron chi connectivity index (χ1n) is 7.12. The summed E-state index contributed by atoms with van der Waals surface area (Å²) in [5.74, 6) is 0. The molecule has 1 fully saturated rings. The average Bonchev–Trinajstić information content (AvgIpc) is 2.37. The summed E-state index contributed by atoms with van der Waals surface area (Å²) < 4.78 is 39.1. The highest BCUT2D eigenvalue weighted by atomic mass is 19.4. The van der Waals surface area contributed by atoms with Gasteiger partial charge in [0.1, 0.15) is 0 Å². The van der Waals surface area contributed by atoms with Crippen LogP contribution in [0.1, 0.15) is 16.7 Å². The van der Waals surface area contributed by atoms with Crippen LogP contribution < -0.4 is 5.32 Å². The third-order valence-corrected chi connectivity index (χ3v) is 3.49. The van der Waals surface area contributed by atoms with E-state index in [1.54, 1.807) is 0 Å². The van der Waals surface area contributed by atoms with Crippen LogP contribution in [-0.4, -0.2) is 50.1 Å². The quantitative estimate of drug-likeness (QED) is 0.919. The van der Waals surface area contributed by atoms with Crippen molar-refractivity contribution in [1.82, 2.24) is 15.1 Å². The predicted molar refractivity (Wildman–Crippen MR) is 77.0 cm³/mol. The zero-order chi connectivity index (χ0) is 15.5. The van der Waals surface area contributed by atoms with Crippen LogP contribution in [0.5, 0.6) is 0 Å². The minimum absolute atomic E-state index is 0.512. The van der Waals surface area contributed by atoms with Gasteiger partial charge in [0.15, 0.2) is 0 Å². The number of benzene rings is 1. The molecule has 1 aromatic carbocycles. The van der Waals surface area contributed by atoms with Crippen molar-refractivity contribution in [3.05, 3.63) is 34.9 Å². The first-order valence-corrected chi connectivity index (χ1v) is 7.12. The van der Waals surface area contributed by atoms with E-state index >= 15 is 0 Å². The lowest BCUT2D eigenvalue weighted by atomic mass is 10.0. The van der Waals surface area contributed by atoms with Crippen molar-refractivity contribution < 1.29 is 13.2 Å². The summed E-state index contributed by atoms with van der Waals surface area (Å²) in [6, 6.07) is 4.42. The van der Waals surface area contributed by atoms with E-state index < -0.39 is 11.7 Å². The maximum absolute atomic E-state index is 13.0. The largest absolute Gasteiger partial charge is 0.416 e. The van der Waals surface area contributed by atoms with Crippen molar-refractivity contribution in [2.24, 2.45) is 0 Å². The molecule has 3 nitrogen and oxygen atoms in total. The standard InChI is InChI=1S/C15H22F3N3/c1-20(2)10-12-7-13(9-14(8-12)15(16,17)18)11-21-5-3-19-4-6-21/h7-9,19H,3-6,10-11H2,1-2H3. The van der Waals surface area contributed by atoms with Crippen LogP contribution in [0.4, 0.5) is 13.2 Å². The van der Waals surface area contributed by atoms with E-state index in [1.165, 1.54) is 12.1 Å². The molecule has 6 heteroatoms. The van der Waals surface area contributed by atoms with Crippen LogP contribution in [0.2, 0.25) is 0 Å². The fraction of sp³-hybridized carbons (Fsp3) is 0.600. The van der Waals surface area contributed by atoms with Crippen molar-refractivity contribution in [3.63, 3.8) is 0 Å². The van der Waals surface area contributed by atoms with E-state index in [-0.39, 0.29) is 0 Å². The van der Waals surface area contributed by atoms with Gasteiger partial charge in [0.25, 0.3) is 0 Å². The van der Waals surface area contributed by atoms with Crippen molar-refractivity contribution in [2.45, 2.75) is 19.3 Å². The number of alkyl halides is 3. The van der Waals surface area contributed by atoms with E-state index in [0.717, 1.165) is 31.7 Å². The van der Waals surface area contributed by atoms with E-state index in [0.29, 0.717) is 18.7 Å². The molecule has 0 saturated carbocycles. The normalized spacial score (nSPS) is 17.4. The van der Waals surface area contributed by atoms with Crippen LogP contribution in [0.25, 0.3) is 0 Å². The summed E-state index contributed by atoms with van der Waals surface area (Å²) in [4.78, 5) is 4.06. The Labute approximate surface area is 123 Å². The Morgan fingerprint density at radius 3 is 2.29 bits per heavy atom. The van der Waals surface area contributed by atoms with E-state index in [9.17, 15) is 13.2 Å². The molecule has 1 saturated heterocycles. The van der Waals surface area contributed by atoms with Gasteiger partial charge in [0.05, 0.1) is 5.56 Å². The lowest BCUT2D eigenvalue weighted by Gasteiger charge is -2.27. The first kappa shape index (κ1) is 16.3. The Kier molecular flexibility index (Phi) is 5.24. The Morgan fingerprint density at radius 1 is 1.10 bits per heavy atom. The molecule has 0 radical (unpaired) electrons. The maximum Gasteiger partial charge on any atom is 0.416 e. The number of nitrogens with one attached hydrogen (secondary N) is 1. The van der Waals surface area contributed by atoms with E-state index in [1.807, 2.05) is 25.1 Å². The summed E-state index contributed by atoms with van der Waals surface area (Å²) in [5.41, 5.74) is 0.899. The number of halogens is 3. The highest BCUT2D eigenvalue weighted by Gasteiger charge is 2.31. The molecule has 1 heterocycles. The van der Waals surface area contributed by atoms with E-state index in [4.69, 9.17) is 0 Å². The van der Waals surface area contributed by atoms with Gasteiger partial charge in [-0.2, -0.15) is 13.2 Å². The molecule has 0 aromatic heterocycles. The summed E-state index contributed by atoms with van der Waals surface area (Å²) in [5, 5.41) is 3.25. The number of nitrogens with zero attached hydrogens (tertiary/aromatic N) is 2. The van der Waals surface area contributed by atoms with Crippen molar-refractivity contribution in [1.29, 1.82) is 0 Å². The average molecular weight is 301 g/mol. The van der Waals surface area contributed by atoms with Gasteiger partial charge in [-0.1, -0.05) is 6.07 Å². The minimum Gasteiger partial charge on any atom is -0.314 e. The molecule has 0 spiro atoms. The number of rotatable bonds is 4. The molecule has 0 aliphatic carbocycles. The fourth-order valence-corrected chi connectivity index (χ4v) is 2.60. The predicted octanol–water partition coefficient (Wildman–Crippen LogP) is 2.17. The van der Waals surface area contributed by atoms with Crippen LogP contribution >= 0.6 is 0 Å². The van der Waals surface area contributed by atoms with Crippen molar-refractivity contribution in [3.8, 4) is 0 Å². The third kappa shape index (κ3) is 4.98. The van der Waals surface area contributed by atoms with Gasteiger partial charge in [-0.05, 0) is 37.4 Å². The molecule has 0 unspecified atom stereocenters. The van der Waals surface area contributed by atoms with Gasteiger partial charge in [-0.3, -0.25) is 4.90 Å². The number of piperazine rings is 1. The zero-order valence-corrected chi connectivity index (χ0v) is 12.5. The highest BCUT2D eigenvalue weighted by molar-refractivity contribution is 5.32. The topological polar surface area (TPSA) is 18.5 Å². The van der Waals surface area contributed by atoms with Crippen molar-refractivity contribution >= 4 is 0 Å². The zero-order valence-electron chi connectivity index (χ0n) is 12.5. The van der Waals surface area contributed by atoms with Crippen LogP contribution in [0.15, 0.2) is 18.2 Å². The molecule has 0 bridgehead atoms. The molecule has 1 aliphatic rings. The molecule has 1 aliphatic heterocycles. The van der Waals surface area contributed by atoms with E-state index in [2.05, 4.69) is 10.2 Å². The van der Waals surface area contributed by atoms with Crippen molar-refractivity contribution in [2.75, 3.05) is 40.3 Å². The summed E-state index contributed by atoms with van der Waals surface area (Å²) in [6.45, 7) is 4.62. The molecular formula is C15H22F3N3.